The van der Waals surface area contributed by atoms with E-state index in [9.17, 15) is 14.7 Å². The molecule has 0 spiro atoms. The first-order valence-corrected chi connectivity index (χ1v) is 7.62. The molecule has 0 aromatic heterocycles. The van der Waals surface area contributed by atoms with Gasteiger partial charge in [0, 0.05) is 18.7 Å². The van der Waals surface area contributed by atoms with E-state index in [-0.39, 0.29) is 23.3 Å². The Labute approximate surface area is 140 Å². The summed E-state index contributed by atoms with van der Waals surface area (Å²) in [6, 6.07) is 13.6. The zero-order chi connectivity index (χ0) is 17.5. The van der Waals surface area contributed by atoms with Crippen LogP contribution in [0, 0.1) is 0 Å². The van der Waals surface area contributed by atoms with Crippen molar-refractivity contribution in [3.8, 4) is 11.5 Å². The van der Waals surface area contributed by atoms with E-state index in [0.29, 0.717) is 17.9 Å². The SMILES string of the molecule is CCC(Oc1ccccc1)C(=O)Nc1ccc(NC(C)=O)c(O)c1. The van der Waals surface area contributed by atoms with Crippen LogP contribution < -0.4 is 15.4 Å². The first-order valence-electron chi connectivity index (χ1n) is 7.62. The molecule has 6 nitrogen and oxygen atoms in total. The first-order chi connectivity index (χ1) is 11.5. The average molecular weight is 328 g/mol. The van der Waals surface area contributed by atoms with Crippen molar-refractivity contribution in [2.45, 2.75) is 26.4 Å². The van der Waals surface area contributed by atoms with E-state index in [1.165, 1.54) is 19.1 Å². The quantitative estimate of drug-likeness (QED) is 0.711. The average Bonchev–Trinajstić information content (AvgIpc) is 2.55. The Morgan fingerprint density at radius 1 is 1.12 bits per heavy atom. The fourth-order valence-electron chi connectivity index (χ4n) is 2.11. The molecule has 0 bridgehead atoms. The number of rotatable bonds is 6. The number of hydrogen-bond donors (Lipinski definition) is 3. The maximum absolute atomic E-state index is 12.3. The molecule has 0 fully saturated rings. The van der Waals surface area contributed by atoms with E-state index in [1.54, 1.807) is 18.2 Å². The number of ether oxygens (including phenoxy) is 1. The summed E-state index contributed by atoms with van der Waals surface area (Å²) in [6.45, 7) is 3.20. The molecule has 1 unspecified atom stereocenters. The third kappa shape index (κ3) is 4.74. The Balaban J connectivity index is 2.04. The van der Waals surface area contributed by atoms with Crippen molar-refractivity contribution in [1.29, 1.82) is 0 Å². The predicted octanol–water partition coefficient (Wildman–Crippen LogP) is 3.15. The van der Waals surface area contributed by atoms with Gasteiger partial charge in [-0.05, 0) is 30.7 Å². The number of nitrogens with one attached hydrogen (secondary N) is 2. The number of aromatic hydroxyl groups is 1. The largest absolute Gasteiger partial charge is 0.506 e. The van der Waals surface area contributed by atoms with E-state index in [4.69, 9.17) is 4.74 Å². The highest BCUT2D eigenvalue weighted by Crippen LogP contribution is 2.27. The third-order valence-corrected chi connectivity index (χ3v) is 3.26. The standard InChI is InChI=1S/C18H20N2O4/c1-3-17(24-14-7-5-4-6-8-14)18(23)20-13-9-10-15(16(22)11-13)19-12(2)21/h4-11,17,22H,3H2,1-2H3,(H,19,21)(H,20,23). The van der Waals surface area contributed by atoms with Crippen LogP contribution in [0.25, 0.3) is 0 Å². The molecule has 0 heterocycles. The summed E-state index contributed by atoms with van der Waals surface area (Å²) >= 11 is 0. The molecule has 2 rings (SSSR count). The van der Waals surface area contributed by atoms with Gasteiger partial charge < -0.3 is 20.5 Å². The lowest BCUT2D eigenvalue weighted by atomic mass is 10.2. The van der Waals surface area contributed by atoms with Crippen molar-refractivity contribution in [2.24, 2.45) is 0 Å². The minimum atomic E-state index is -0.649. The van der Waals surface area contributed by atoms with Gasteiger partial charge in [-0.1, -0.05) is 25.1 Å². The number of para-hydroxylation sites is 1. The van der Waals surface area contributed by atoms with E-state index in [1.807, 2.05) is 25.1 Å². The van der Waals surface area contributed by atoms with Gasteiger partial charge >= 0.3 is 0 Å². The molecule has 0 aliphatic rings. The van der Waals surface area contributed by atoms with Crippen LogP contribution in [0.5, 0.6) is 11.5 Å². The number of anilines is 2. The van der Waals surface area contributed by atoms with Gasteiger partial charge in [-0.2, -0.15) is 0 Å². The molecule has 6 heteroatoms. The Hall–Kier alpha value is -3.02. The van der Waals surface area contributed by atoms with E-state index >= 15 is 0 Å². The van der Waals surface area contributed by atoms with Crippen LogP contribution in [-0.2, 0) is 9.59 Å². The number of phenolic OH excluding ortho intramolecular Hbond substituents is 1. The maximum atomic E-state index is 12.3. The van der Waals surface area contributed by atoms with Gasteiger partial charge in [0.2, 0.25) is 5.91 Å². The summed E-state index contributed by atoms with van der Waals surface area (Å²) in [6.07, 6.45) is -0.152. The van der Waals surface area contributed by atoms with Gasteiger partial charge in [-0.15, -0.1) is 0 Å². The lowest BCUT2D eigenvalue weighted by molar-refractivity contribution is -0.122. The van der Waals surface area contributed by atoms with Crippen molar-refractivity contribution >= 4 is 23.2 Å². The fourth-order valence-corrected chi connectivity index (χ4v) is 2.11. The summed E-state index contributed by atoms with van der Waals surface area (Å²) in [4.78, 5) is 23.4. The van der Waals surface area contributed by atoms with Crippen LogP contribution in [0.1, 0.15) is 20.3 Å². The lowest BCUT2D eigenvalue weighted by Gasteiger charge is -2.17. The molecule has 0 saturated carbocycles. The summed E-state index contributed by atoms with van der Waals surface area (Å²) in [7, 11) is 0. The van der Waals surface area contributed by atoms with Gasteiger partial charge in [-0.25, -0.2) is 0 Å². The lowest BCUT2D eigenvalue weighted by Crippen LogP contribution is -2.32. The monoisotopic (exact) mass is 328 g/mol. The Morgan fingerprint density at radius 3 is 2.42 bits per heavy atom. The van der Waals surface area contributed by atoms with E-state index in [2.05, 4.69) is 10.6 Å². The Bertz CT molecular complexity index is 716. The van der Waals surface area contributed by atoms with Gasteiger partial charge in [0.1, 0.15) is 11.5 Å². The van der Waals surface area contributed by atoms with Gasteiger partial charge in [0.25, 0.3) is 5.91 Å². The van der Waals surface area contributed by atoms with Crippen LogP contribution in [0.2, 0.25) is 0 Å². The topological polar surface area (TPSA) is 87.7 Å². The molecule has 0 aliphatic carbocycles. The molecule has 0 saturated heterocycles. The summed E-state index contributed by atoms with van der Waals surface area (Å²) in [5.74, 6) is -0.110. The van der Waals surface area contributed by atoms with Crippen LogP contribution >= 0.6 is 0 Å². The van der Waals surface area contributed by atoms with Crippen molar-refractivity contribution in [3.63, 3.8) is 0 Å². The molecule has 1 atom stereocenters. The minimum Gasteiger partial charge on any atom is -0.506 e. The number of carbonyl (C=O) groups excluding carboxylic acids is 2. The van der Waals surface area contributed by atoms with Crippen molar-refractivity contribution < 1.29 is 19.4 Å². The van der Waals surface area contributed by atoms with Crippen LogP contribution in [0.15, 0.2) is 48.5 Å². The molecule has 0 aliphatic heterocycles. The molecule has 126 valence electrons. The smallest absolute Gasteiger partial charge is 0.265 e. The highest BCUT2D eigenvalue weighted by molar-refractivity contribution is 5.95. The molecular formula is C18H20N2O4. The second-order valence-corrected chi connectivity index (χ2v) is 5.23. The third-order valence-electron chi connectivity index (χ3n) is 3.26. The minimum absolute atomic E-state index is 0.125. The Kier molecular flexibility index (Phi) is 5.78. The second kappa shape index (κ2) is 8.01. The van der Waals surface area contributed by atoms with E-state index < -0.39 is 6.10 Å². The van der Waals surface area contributed by atoms with E-state index in [0.717, 1.165) is 0 Å². The van der Waals surface area contributed by atoms with Crippen LogP contribution in [-0.4, -0.2) is 23.0 Å². The first kappa shape index (κ1) is 17.3. The number of amides is 2. The number of hydrogen-bond acceptors (Lipinski definition) is 4. The second-order valence-electron chi connectivity index (χ2n) is 5.23. The van der Waals surface area contributed by atoms with Gasteiger partial charge in [0.15, 0.2) is 6.10 Å². The molecule has 2 aromatic rings. The highest BCUT2D eigenvalue weighted by atomic mass is 16.5. The van der Waals surface area contributed by atoms with Crippen LogP contribution in [0.4, 0.5) is 11.4 Å². The van der Waals surface area contributed by atoms with Crippen molar-refractivity contribution in [2.75, 3.05) is 10.6 Å². The maximum Gasteiger partial charge on any atom is 0.265 e. The molecule has 24 heavy (non-hydrogen) atoms. The zero-order valence-corrected chi connectivity index (χ0v) is 13.6. The fraction of sp³-hybridized carbons (Fsp3) is 0.222. The molecular weight excluding hydrogens is 308 g/mol. The normalized spacial score (nSPS) is 11.4. The molecule has 0 radical (unpaired) electrons. The summed E-state index contributed by atoms with van der Waals surface area (Å²) in [5, 5.41) is 15.1. The summed E-state index contributed by atoms with van der Waals surface area (Å²) < 4.78 is 5.67. The van der Waals surface area contributed by atoms with Crippen LogP contribution in [0.3, 0.4) is 0 Å². The van der Waals surface area contributed by atoms with Crippen molar-refractivity contribution in [1.82, 2.24) is 0 Å². The summed E-state index contributed by atoms with van der Waals surface area (Å²) in [5.41, 5.74) is 0.704. The van der Waals surface area contributed by atoms with Gasteiger partial charge in [-0.3, -0.25) is 9.59 Å². The van der Waals surface area contributed by atoms with Gasteiger partial charge in [0.05, 0.1) is 5.69 Å². The Morgan fingerprint density at radius 2 is 1.83 bits per heavy atom. The predicted molar refractivity (Wildman–Crippen MR) is 92.2 cm³/mol. The molecule has 2 amide bonds. The number of benzene rings is 2. The molecule has 3 N–H and O–H groups in total. The number of carbonyl (C=O) groups is 2. The van der Waals surface area contributed by atoms with Crippen molar-refractivity contribution in [3.05, 3.63) is 48.5 Å². The number of phenols is 1. The zero-order valence-electron chi connectivity index (χ0n) is 13.6. The molecule has 2 aromatic carbocycles. The highest BCUT2D eigenvalue weighted by Gasteiger charge is 2.19.